The number of furan rings is 1. The summed E-state index contributed by atoms with van der Waals surface area (Å²) in [5.74, 6) is 2.58. The molecule has 1 fully saturated rings. The average molecular weight is 422 g/mol. The Bertz CT molecular complexity index is 972. The molecule has 156 valence electrons. The van der Waals surface area contributed by atoms with E-state index in [0.717, 1.165) is 53.0 Å². The van der Waals surface area contributed by atoms with E-state index in [4.69, 9.17) is 21.4 Å². The molecule has 2 atom stereocenters. The van der Waals surface area contributed by atoms with E-state index in [1.807, 2.05) is 61.7 Å². The molecule has 1 aliphatic heterocycles. The first-order chi connectivity index (χ1) is 14.7. The lowest BCUT2D eigenvalue weighted by molar-refractivity contribution is 0.271. The lowest BCUT2D eigenvalue weighted by Crippen LogP contribution is -2.30. The molecular weight excluding hydrogens is 394 g/mol. The van der Waals surface area contributed by atoms with Crippen LogP contribution in [0.1, 0.15) is 50.2 Å². The summed E-state index contributed by atoms with van der Waals surface area (Å²) < 4.78 is 11.9. The van der Waals surface area contributed by atoms with Gasteiger partial charge in [-0.1, -0.05) is 19.4 Å². The van der Waals surface area contributed by atoms with Crippen molar-refractivity contribution in [3.8, 4) is 17.1 Å². The van der Waals surface area contributed by atoms with Crippen molar-refractivity contribution in [2.75, 3.05) is 13.2 Å². The quantitative estimate of drug-likeness (QED) is 0.484. The highest BCUT2D eigenvalue weighted by molar-refractivity contribution is 7.80. The summed E-state index contributed by atoms with van der Waals surface area (Å²) in [5.41, 5.74) is 1.98. The van der Waals surface area contributed by atoms with Crippen molar-refractivity contribution in [1.82, 2.24) is 15.2 Å². The van der Waals surface area contributed by atoms with Gasteiger partial charge in [-0.3, -0.25) is 4.98 Å². The Hall–Kier alpha value is -2.86. The summed E-state index contributed by atoms with van der Waals surface area (Å²) in [4.78, 5) is 6.81. The topological polar surface area (TPSA) is 50.5 Å². The van der Waals surface area contributed by atoms with Crippen LogP contribution in [-0.4, -0.2) is 28.1 Å². The van der Waals surface area contributed by atoms with Crippen molar-refractivity contribution < 1.29 is 9.15 Å². The van der Waals surface area contributed by atoms with Gasteiger partial charge in [-0.15, -0.1) is 0 Å². The summed E-state index contributed by atoms with van der Waals surface area (Å²) in [5, 5.41) is 4.22. The molecule has 2 aromatic heterocycles. The predicted molar refractivity (Wildman–Crippen MR) is 122 cm³/mol. The first-order valence-corrected chi connectivity index (χ1v) is 10.9. The number of ether oxygens (including phenoxy) is 1. The Morgan fingerprint density at radius 3 is 2.63 bits per heavy atom. The minimum absolute atomic E-state index is 0.0320. The number of aromatic nitrogens is 1. The monoisotopic (exact) mass is 421 g/mol. The molecule has 0 spiro atoms. The number of pyridine rings is 1. The fourth-order valence-corrected chi connectivity index (χ4v) is 4.16. The van der Waals surface area contributed by atoms with Gasteiger partial charge in [0.15, 0.2) is 5.11 Å². The Morgan fingerprint density at radius 2 is 1.93 bits per heavy atom. The zero-order valence-corrected chi connectivity index (χ0v) is 18.2. The second-order valence-electron chi connectivity index (χ2n) is 7.33. The van der Waals surface area contributed by atoms with Crippen molar-refractivity contribution in [3.63, 3.8) is 0 Å². The van der Waals surface area contributed by atoms with Gasteiger partial charge in [-0.2, -0.15) is 0 Å². The van der Waals surface area contributed by atoms with Crippen molar-refractivity contribution in [2.24, 2.45) is 0 Å². The van der Waals surface area contributed by atoms with Crippen LogP contribution in [0.5, 0.6) is 5.75 Å². The lowest BCUT2D eigenvalue weighted by atomic mass is 10.0. The largest absolute Gasteiger partial charge is 0.494 e. The average Bonchev–Trinajstić information content (AvgIpc) is 3.38. The molecule has 5 nitrogen and oxygen atoms in total. The Kier molecular flexibility index (Phi) is 6.33. The van der Waals surface area contributed by atoms with E-state index in [2.05, 4.69) is 28.2 Å². The van der Waals surface area contributed by atoms with Gasteiger partial charge < -0.3 is 19.4 Å². The number of benzene rings is 1. The van der Waals surface area contributed by atoms with Crippen molar-refractivity contribution in [1.29, 1.82) is 0 Å². The third-order valence-corrected chi connectivity index (χ3v) is 5.67. The fourth-order valence-electron chi connectivity index (χ4n) is 3.83. The van der Waals surface area contributed by atoms with E-state index >= 15 is 0 Å². The van der Waals surface area contributed by atoms with E-state index in [9.17, 15) is 0 Å². The van der Waals surface area contributed by atoms with E-state index < -0.39 is 0 Å². The second kappa shape index (κ2) is 9.30. The highest BCUT2D eigenvalue weighted by Crippen LogP contribution is 2.40. The zero-order valence-electron chi connectivity index (χ0n) is 17.4. The summed E-state index contributed by atoms with van der Waals surface area (Å²) in [6, 6.07) is 18.0. The van der Waals surface area contributed by atoms with Crippen LogP contribution in [0.25, 0.3) is 11.3 Å². The van der Waals surface area contributed by atoms with Crippen molar-refractivity contribution in [3.05, 3.63) is 72.2 Å². The smallest absolute Gasteiger partial charge is 0.170 e. The molecule has 6 heteroatoms. The number of nitrogens with zero attached hydrogens (tertiary/aromatic N) is 2. The number of unbranched alkanes of at least 4 members (excludes halogenated alkanes) is 1. The summed E-state index contributed by atoms with van der Waals surface area (Å²) in [7, 11) is 0. The lowest BCUT2D eigenvalue weighted by Gasteiger charge is -2.25. The van der Waals surface area contributed by atoms with Gasteiger partial charge in [0.1, 0.15) is 23.3 Å². The minimum Gasteiger partial charge on any atom is -0.494 e. The molecule has 4 rings (SSSR count). The van der Waals surface area contributed by atoms with Gasteiger partial charge in [0.2, 0.25) is 0 Å². The van der Waals surface area contributed by atoms with Gasteiger partial charge >= 0.3 is 0 Å². The molecule has 1 N–H and O–H groups in total. The van der Waals surface area contributed by atoms with Crippen LogP contribution >= 0.6 is 12.2 Å². The molecule has 1 aliphatic rings. The molecule has 3 aromatic rings. The number of rotatable bonds is 8. The molecule has 1 saturated heterocycles. The summed E-state index contributed by atoms with van der Waals surface area (Å²) in [6.07, 6.45) is 3.99. The second-order valence-corrected chi connectivity index (χ2v) is 7.72. The number of hydrogen-bond acceptors (Lipinski definition) is 4. The zero-order chi connectivity index (χ0) is 20.9. The number of hydrogen-bond donors (Lipinski definition) is 1. The number of thiocarbonyl (C=S) groups is 1. The Balaban J connectivity index is 1.65. The van der Waals surface area contributed by atoms with Crippen LogP contribution in [0.2, 0.25) is 0 Å². The SMILES string of the molecule is CCCCN1C(=S)NC(c2ccccn2)C1c1ccc(-c2ccc(OCC)cc2)o1. The van der Waals surface area contributed by atoms with Crippen molar-refractivity contribution >= 4 is 17.3 Å². The third kappa shape index (κ3) is 4.19. The molecule has 2 unspecified atom stereocenters. The highest BCUT2D eigenvalue weighted by Gasteiger charge is 2.41. The summed E-state index contributed by atoms with van der Waals surface area (Å²) in [6.45, 7) is 5.71. The van der Waals surface area contributed by atoms with E-state index in [1.165, 1.54) is 0 Å². The van der Waals surface area contributed by atoms with Crippen LogP contribution < -0.4 is 10.1 Å². The first-order valence-electron chi connectivity index (χ1n) is 10.5. The van der Waals surface area contributed by atoms with E-state index in [0.29, 0.717) is 6.61 Å². The molecule has 0 radical (unpaired) electrons. The summed E-state index contributed by atoms with van der Waals surface area (Å²) >= 11 is 5.68. The van der Waals surface area contributed by atoms with Crippen LogP contribution in [0.15, 0.2) is 65.2 Å². The van der Waals surface area contributed by atoms with Crippen molar-refractivity contribution in [2.45, 2.75) is 38.8 Å². The number of nitrogens with one attached hydrogen (secondary N) is 1. The molecule has 0 saturated carbocycles. The van der Waals surface area contributed by atoms with E-state index in [1.54, 1.807) is 0 Å². The van der Waals surface area contributed by atoms with Gasteiger partial charge in [-0.25, -0.2) is 0 Å². The van der Waals surface area contributed by atoms with Crippen LogP contribution in [-0.2, 0) is 0 Å². The maximum Gasteiger partial charge on any atom is 0.170 e. The molecular formula is C24H27N3O2S. The van der Waals surface area contributed by atoms with Gasteiger partial charge in [0.05, 0.1) is 18.3 Å². The maximum atomic E-state index is 6.35. The molecule has 30 heavy (non-hydrogen) atoms. The normalized spacial score (nSPS) is 18.5. The van der Waals surface area contributed by atoms with Crippen LogP contribution in [0.3, 0.4) is 0 Å². The molecule has 0 amide bonds. The molecule has 0 bridgehead atoms. The molecule has 0 aliphatic carbocycles. The van der Waals surface area contributed by atoms with Gasteiger partial charge in [0.25, 0.3) is 0 Å². The van der Waals surface area contributed by atoms with Crippen LogP contribution in [0, 0.1) is 0 Å². The fraction of sp³-hybridized carbons (Fsp3) is 0.333. The Labute approximate surface area is 183 Å². The predicted octanol–water partition coefficient (Wildman–Crippen LogP) is 5.51. The minimum atomic E-state index is -0.0464. The van der Waals surface area contributed by atoms with Gasteiger partial charge in [-0.05, 0) is 74.1 Å². The Morgan fingerprint density at radius 1 is 1.10 bits per heavy atom. The molecule has 1 aromatic carbocycles. The first kappa shape index (κ1) is 20.4. The van der Waals surface area contributed by atoms with Crippen LogP contribution in [0.4, 0.5) is 0 Å². The molecule has 3 heterocycles. The van der Waals surface area contributed by atoms with Gasteiger partial charge in [0, 0.05) is 18.3 Å². The van der Waals surface area contributed by atoms with E-state index in [-0.39, 0.29) is 12.1 Å². The standard InChI is InChI=1S/C24H27N3O2S/c1-3-5-16-27-23(22(26-24(27)30)19-8-6-7-15-25-19)21-14-13-20(29-21)17-9-11-18(12-10-17)28-4-2/h6-15,22-23H,3-5,16H2,1-2H3,(H,26,30). The maximum absolute atomic E-state index is 6.35. The third-order valence-electron chi connectivity index (χ3n) is 5.32. The highest BCUT2D eigenvalue weighted by atomic mass is 32.1.